The van der Waals surface area contributed by atoms with Gasteiger partial charge in [0.15, 0.2) is 0 Å². The lowest BCUT2D eigenvalue weighted by atomic mass is 9.99. The molecule has 0 aliphatic heterocycles. The summed E-state index contributed by atoms with van der Waals surface area (Å²) in [7, 11) is 0. The van der Waals surface area contributed by atoms with Crippen molar-refractivity contribution in [2.75, 3.05) is 11.9 Å². The number of hydrogen-bond acceptors (Lipinski definition) is 4. The molecule has 0 saturated carbocycles. The van der Waals surface area contributed by atoms with Crippen LogP contribution in [0.25, 0.3) is 11.1 Å². The normalized spacial score (nSPS) is 12.1. The molecule has 0 saturated heterocycles. The number of pyridine rings is 1. The van der Waals surface area contributed by atoms with Crippen LogP contribution >= 0.6 is 0 Å². The van der Waals surface area contributed by atoms with E-state index < -0.39 is 23.6 Å². The maximum Gasteiger partial charge on any atom is 0.416 e. The zero-order valence-electron chi connectivity index (χ0n) is 18.4. The Morgan fingerprint density at radius 2 is 1.59 bits per heavy atom. The number of carbonyl (C=O) groups is 2. The Morgan fingerprint density at radius 1 is 0.971 bits per heavy atom. The third-order valence-corrected chi connectivity index (χ3v) is 5.24. The largest absolute Gasteiger partial charge is 0.481 e. The van der Waals surface area contributed by atoms with Crippen molar-refractivity contribution in [3.63, 3.8) is 0 Å². The molecule has 0 fully saturated rings. The first-order valence-electron chi connectivity index (χ1n) is 10.7. The van der Waals surface area contributed by atoms with Crippen molar-refractivity contribution in [2.45, 2.75) is 32.0 Å². The van der Waals surface area contributed by atoms with Crippen LogP contribution in [0.5, 0.6) is 0 Å². The van der Waals surface area contributed by atoms with Gasteiger partial charge in [-0.2, -0.15) is 13.2 Å². The lowest BCUT2D eigenvalue weighted by Crippen LogP contribution is -2.26. The summed E-state index contributed by atoms with van der Waals surface area (Å²) in [5, 5.41) is 14.5. The van der Waals surface area contributed by atoms with Crippen molar-refractivity contribution < 1.29 is 27.9 Å². The first kappa shape index (κ1) is 24.8. The van der Waals surface area contributed by atoms with Crippen molar-refractivity contribution in [1.82, 2.24) is 10.3 Å². The molecule has 0 spiro atoms. The molecule has 1 aromatic heterocycles. The Hall–Kier alpha value is -3.88. The number of alkyl halides is 3. The van der Waals surface area contributed by atoms with Gasteiger partial charge in [0.25, 0.3) is 5.91 Å². The van der Waals surface area contributed by atoms with Gasteiger partial charge in [0.1, 0.15) is 5.82 Å². The quantitative estimate of drug-likeness (QED) is 0.381. The summed E-state index contributed by atoms with van der Waals surface area (Å²) >= 11 is 0. The Morgan fingerprint density at radius 3 is 2.09 bits per heavy atom. The second-order valence-electron chi connectivity index (χ2n) is 7.63. The SMILES string of the molecule is CCC(Nc1ccc(C(=O)NCCC(=O)O)cn1)c1ccc(-c2ccc(C(F)(F)F)cc2)cc1. The zero-order chi connectivity index (χ0) is 24.7. The molecule has 178 valence electrons. The van der Waals surface area contributed by atoms with Gasteiger partial charge >= 0.3 is 12.1 Å². The van der Waals surface area contributed by atoms with Gasteiger partial charge in [0.05, 0.1) is 23.6 Å². The summed E-state index contributed by atoms with van der Waals surface area (Å²) in [6.45, 7) is 2.04. The van der Waals surface area contributed by atoms with Gasteiger partial charge in [-0.1, -0.05) is 43.3 Å². The molecule has 2 aromatic carbocycles. The summed E-state index contributed by atoms with van der Waals surface area (Å²) in [5.74, 6) is -0.817. The summed E-state index contributed by atoms with van der Waals surface area (Å²) in [4.78, 5) is 26.8. The van der Waals surface area contributed by atoms with Gasteiger partial charge in [-0.05, 0) is 47.4 Å². The van der Waals surface area contributed by atoms with E-state index >= 15 is 0 Å². The maximum absolute atomic E-state index is 12.8. The molecule has 1 atom stereocenters. The van der Waals surface area contributed by atoms with E-state index in [1.165, 1.54) is 18.3 Å². The standard InChI is InChI=1S/C25H24F3N3O3/c1-2-21(31-22-12-9-19(15-30-22)24(34)29-14-13-23(32)33)18-5-3-16(4-6-18)17-7-10-20(11-8-17)25(26,27)28/h3-12,15,21H,2,13-14H2,1H3,(H,29,34)(H,30,31)(H,32,33). The van der Waals surface area contributed by atoms with Gasteiger partial charge in [-0.15, -0.1) is 0 Å². The van der Waals surface area contributed by atoms with Crippen molar-refractivity contribution in [3.8, 4) is 11.1 Å². The van der Waals surface area contributed by atoms with Gasteiger partial charge in [0.2, 0.25) is 0 Å². The molecule has 1 unspecified atom stereocenters. The minimum atomic E-state index is -4.36. The number of aliphatic carboxylic acids is 1. The number of anilines is 1. The molecule has 3 aromatic rings. The molecule has 0 aliphatic rings. The molecular formula is C25H24F3N3O3. The van der Waals surface area contributed by atoms with Crippen molar-refractivity contribution in [2.24, 2.45) is 0 Å². The number of amides is 1. The first-order valence-corrected chi connectivity index (χ1v) is 10.7. The lowest BCUT2D eigenvalue weighted by Gasteiger charge is -2.19. The van der Waals surface area contributed by atoms with E-state index in [1.54, 1.807) is 12.1 Å². The Balaban J connectivity index is 1.64. The predicted molar refractivity (Wildman–Crippen MR) is 122 cm³/mol. The number of hydrogen-bond donors (Lipinski definition) is 3. The third-order valence-electron chi connectivity index (χ3n) is 5.24. The first-order chi connectivity index (χ1) is 16.2. The average molecular weight is 471 g/mol. The number of halogens is 3. The maximum atomic E-state index is 12.8. The van der Waals surface area contributed by atoms with Crippen LogP contribution in [0.15, 0.2) is 66.9 Å². The smallest absolute Gasteiger partial charge is 0.416 e. The Labute approximate surface area is 194 Å². The number of carboxylic acid groups (broad SMARTS) is 1. The lowest BCUT2D eigenvalue weighted by molar-refractivity contribution is -0.138. The summed E-state index contributed by atoms with van der Waals surface area (Å²) in [5.41, 5.74) is 2.13. The van der Waals surface area contributed by atoms with Crippen LogP contribution in [-0.2, 0) is 11.0 Å². The highest BCUT2D eigenvalue weighted by Crippen LogP contribution is 2.31. The molecule has 0 aliphatic carbocycles. The third kappa shape index (κ3) is 6.57. The highest BCUT2D eigenvalue weighted by Gasteiger charge is 2.29. The van der Waals surface area contributed by atoms with Crippen molar-refractivity contribution >= 4 is 17.7 Å². The Bertz CT molecular complexity index is 1110. The van der Waals surface area contributed by atoms with Crippen LogP contribution in [0.4, 0.5) is 19.0 Å². The number of carbonyl (C=O) groups excluding carboxylic acids is 1. The van der Waals surface area contributed by atoms with E-state index in [0.29, 0.717) is 16.9 Å². The molecule has 9 heteroatoms. The fourth-order valence-electron chi connectivity index (χ4n) is 3.36. The van der Waals surface area contributed by atoms with Crippen molar-refractivity contribution in [1.29, 1.82) is 0 Å². The number of aromatic nitrogens is 1. The van der Waals surface area contributed by atoms with E-state index in [1.807, 2.05) is 31.2 Å². The Kier molecular flexibility index (Phi) is 7.88. The van der Waals surface area contributed by atoms with Crippen LogP contribution in [0.3, 0.4) is 0 Å². The summed E-state index contributed by atoms with van der Waals surface area (Å²) in [6, 6.07) is 15.8. The molecule has 6 nitrogen and oxygen atoms in total. The second kappa shape index (κ2) is 10.8. The van der Waals surface area contributed by atoms with Gasteiger partial charge in [0, 0.05) is 12.7 Å². The second-order valence-corrected chi connectivity index (χ2v) is 7.63. The molecule has 3 N–H and O–H groups in total. The average Bonchev–Trinajstić information content (AvgIpc) is 2.82. The highest BCUT2D eigenvalue weighted by atomic mass is 19.4. The topological polar surface area (TPSA) is 91.3 Å². The van der Waals surface area contributed by atoms with E-state index in [2.05, 4.69) is 15.6 Å². The van der Waals surface area contributed by atoms with E-state index in [-0.39, 0.29) is 19.0 Å². The van der Waals surface area contributed by atoms with Crippen LogP contribution in [0.2, 0.25) is 0 Å². The predicted octanol–water partition coefficient (Wildman–Crippen LogP) is 5.54. The molecule has 3 rings (SSSR count). The number of nitrogens with zero attached hydrogens (tertiary/aromatic N) is 1. The fraction of sp³-hybridized carbons (Fsp3) is 0.240. The minimum absolute atomic E-state index is 0.0363. The molecule has 1 heterocycles. The van der Waals surface area contributed by atoms with E-state index in [4.69, 9.17) is 5.11 Å². The number of carboxylic acids is 1. The monoisotopic (exact) mass is 471 g/mol. The number of benzene rings is 2. The van der Waals surface area contributed by atoms with Crippen LogP contribution in [0, 0.1) is 0 Å². The molecule has 0 bridgehead atoms. The minimum Gasteiger partial charge on any atom is -0.481 e. The van der Waals surface area contributed by atoms with Crippen LogP contribution < -0.4 is 10.6 Å². The van der Waals surface area contributed by atoms with Crippen LogP contribution in [0.1, 0.15) is 47.3 Å². The van der Waals surface area contributed by atoms with E-state index in [0.717, 1.165) is 29.7 Å². The highest BCUT2D eigenvalue weighted by molar-refractivity contribution is 5.94. The molecule has 1 amide bonds. The molecule has 34 heavy (non-hydrogen) atoms. The number of nitrogens with one attached hydrogen (secondary N) is 2. The number of rotatable bonds is 9. The fourth-order valence-corrected chi connectivity index (χ4v) is 3.36. The summed E-state index contributed by atoms with van der Waals surface area (Å²) < 4.78 is 38.3. The molecular weight excluding hydrogens is 447 g/mol. The zero-order valence-corrected chi connectivity index (χ0v) is 18.4. The molecule has 0 radical (unpaired) electrons. The van der Waals surface area contributed by atoms with E-state index in [9.17, 15) is 22.8 Å². The van der Waals surface area contributed by atoms with Crippen molar-refractivity contribution in [3.05, 3.63) is 83.6 Å². The van der Waals surface area contributed by atoms with Crippen LogP contribution in [-0.4, -0.2) is 28.5 Å². The summed E-state index contributed by atoms with van der Waals surface area (Å²) in [6.07, 6.45) is -2.36. The van der Waals surface area contributed by atoms with Gasteiger partial charge < -0.3 is 15.7 Å². The van der Waals surface area contributed by atoms with Gasteiger partial charge in [-0.3, -0.25) is 9.59 Å². The van der Waals surface area contributed by atoms with Gasteiger partial charge in [-0.25, -0.2) is 4.98 Å².